The monoisotopic (exact) mass is 266 g/mol. The third-order valence-corrected chi connectivity index (χ3v) is 6.23. The molecular weight excluding hydrogens is 240 g/mol. The van der Waals surface area contributed by atoms with Gasteiger partial charge < -0.3 is 9.84 Å². The Morgan fingerprint density at radius 3 is 2.33 bits per heavy atom. The Labute approximate surface area is 112 Å². The Kier molecular flexibility index (Phi) is 4.85. The Morgan fingerprint density at radius 1 is 1.28 bits per heavy atom. The van der Waals surface area contributed by atoms with Crippen LogP contribution in [-0.2, 0) is 0 Å². The molecule has 2 nitrogen and oxygen atoms in total. The average Bonchev–Trinajstić information content (AvgIpc) is 2.28. The van der Waals surface area contributed by atoms with Crippen molar-refractivity contribution in [2.45, 2.75) is 51.9 Å². The van der Waals surface area contributed by atoms with Crippen molar-refractivity contribution in [2.24, 2.45) is 0 Å². The number of rotatable bonds is 5. The summed E-state index contributed by atoms with van der Waals surface area (Å²) in [5.41, 5.74) is 2.47. The zero-order valence-electron chi connectivity index (χ0n) is 12.5. The van der Waals surface area contributed by atoms with Crippen LogP contribution < -0.4 is 4.74 Å². The van der Waals surface area contributed by atoms with E-state index in [4.69, 9.17) is 4.74 Å². The summed E-state index contributed by atoms with van der Waals surface area (Å²) in [6.07, 6.45) is 2.28. The van der Waals surface area contributed by atoms with Crippen molar-refractivity contribution in [2.75, 3.05) is 7.11 Å². The molecule has 0 spiro atoms. The SMILES string of the molecule is CCCC(c1cc(OC)cc(C)c1O)[Si](C)(C)C. The molecular formula is C15H26O2Si. The normalized spacial score (nSPS) is 13.4. The van der Waals surface area contributed by atoms with Gasteiger partial charge in [-0.15, -0.1) is 0 Å². The second-order valence-electron chi connectivity index (χ2n) is 6.09. The van der Waals surface area contributed by atoms with Gasteiger partial charge in [0.25, 0.3) is 0 Å². The highest BCUT2D eigenvalue weighted by atomic mass is 28.3. The highest BCUT2D eigenvalue weighted by molar-refractivity contribution is 6.77. The predicted octanol–water partition coefficient (Wildman–Crippen LogP) is 4.47. The first-order valence-electron chi connectivity index (χ1n) is 6.68. The molecule has 0 aromatic heterocycles. The van der Waals surface area contributed by atoms with Crippen LogP contribution in [0.2, 0.25) is 19.6 Å². The van der Waals surface area contributed by atoms with Crippen molar-refractivity contribution in [3.05, 3.63) is 23.3 Å². The summed E-state index contributed by atoms with van der Waals surface area (Å²) in [4.78, 5) is 0. The van der Waals surface area contributed by atoms with Crippen LogP contribution in [-0.4, -0.2) is 20.3 Å². The van der Waals surface area contributed by atoms with E-state index in [2.05, 4.69) is 26.6 Å². The van der Waals surface area contributed by atoms with Gasteiger partial charge in [-0.3, -0.25) is 0 Å². The molecule has 1 aromatic rings. The van der Waals surface area contributed by atoms with Crippen LogP contribution in [0.5, 0.6) is 11.5 Å². The number of phenols is 1. The zero-order valence-corrected chi connectivity index (χ0v) is 13.5. The molecule has 1 unspecified atom stereocenters. The van der Waals surface area contributed by atoms with E-state index in [1.807, 2.05) is 19.1 Å². The van der Waals surface area contributed by atoms with Gasteiger partial charge in [0, 0.05) is 0 Å². The first-order valence-corrected chi connectivity index (χ1v) is 10.3. The maximum Gasteiger partial charge on any atom is 0.121 e. The minimum Gasteiger partial charge on any atom is -0.507 e. The molecule has 18 heavy (non-hydrogen) atoms. The molecule has 0 aliphatic carbocycles. The third-order valence-electron chi connectivity index (χ3n) is 3.54. The first-order chi connectivity index (χ1) is 8.31. The maximum atomic E-state index is 10.3. The first kappa shape index (κ1) is 15.1. The van der Waals surface area contributed by atoms with Gasteiger partial charge in [0.2, 0.25) is 0 Å². The van der Waals surface area contributed by atoms with E-state index in [1.54, 1.807) is 7.11 Å². The van der Waals surface area contributed by atoms with Crippen LogP contribution in [0.3, 0.4) is 0 Å². The summed E-state index contributed by atoms with van der Waals surface area (Å²) >= 11 is 0. The number of benzene rings is 1. The summed E-state index contributed by atoms with van der Waals surface area (Å²) in [5, 5.41) is 10.3. The largest absolute Gasteiger partial charge is 0.507 e. The molecule has 0 saturated carbocycles. The van der Waals surface area contributed by atoms with E-state index in [-0.39, 0.29) is 0 Å². The van der Waals surface area contributed by atoms with Gasteiger partial charge in [0.05, 0.1) is 15.2 Å². The van der Waals surface area contributed by atoms with Crippen molar-refractivity contribution in [1.82, 2.24) is 0 Å². The van der Waals surface area contributed by atoms with E-state index in [0.29, 0.717) is 11.3 Å². The number of methoxy groups -OCH3 is 1. The smallest absolute Gasteiger partial charge is 0.121 e. The van der Waals surface area contributed by atoms with Crippen LogP contribution in [0.4, 0.5) is 0 Å². The third kappa shape index (κ3) is 3.28. The van der Waals surface area contributed by atoms with E-state index in [0.717, 1.165) is 29.7 Å². The molecule has 0 radical (unpaired) electrons. The number of hydrogen-bond donors (Lipinski definition) is 1. The average molecular weight is 266 g/mol. The topological polar surface area (TPSA) is 29.5 Å². The van der Waals surface area contributed by atoms with Crippen molar-refractivity contribution in [3.63, 3.8) is 0 Å². The van der Waals surface area contributed by atoms with E-state index in [9.17, 15) is 5.11 Å². The summed E-state index contributed by atoms with van der Waals surface area (Å²) in [6, 6.07) is 3.91. The lowest BCUT2D eigenvalue weighted by Gasteiger charge is -2.30. The molecule has 0 heterocycles. The second kappa shape index (κ2) is 5.78. The summed E-state index contributed by atoms with van der Waals surface area (Å²) in [7, 11) is 0.325. The molecule has 0 fully saturated rings. The number of phenolic OH excluding ortho intramolecular Hbond substituents is 1. The number of aromatic hydroxyl groups is 1. The minimum absolute atomic E-state index is 0.455. The molecule has 1 N–H and O–H groups in total. The number of ether oxygens (including phenoxy) is 1. The van der Waals surface area contributed by atoms with Crippen LogP contribution in [0, 0.1) is 6.92 Å². The van der Waals surface area contributed by atoms with Crippen molar-refractivity contribution < 1.29 is 9.84 Å². The van der Waals surface area contributed by atoms with Crippen molar-refractivity contribution in [1.29, 1.82) is 0 Å². The molecule has 1 aromatic carbocycles. The van der Waals surface area contributed by atoms with Crippen LogP contribution in [0.1, 0.15) is 36.4 Å². The fourth-order valence-corrected chi connectivity index (χ4v) is 4.81. The molecule has 1 atom stereocenters. The van der Waals surface area contributed by atoms with Gasteiger partial charge in [0.1, 0.15) is 11.5 Å². The molecule has 102 valence electrons. The van der Waals surface area contributed by atoms with Gasteiger partial charge in [-0.2, -0.15) is 0 Å². The zero-order chi connectivity index (χ0) is 13.9. The lowest BCUT2D eigenvalue weighted by atomic mass is 10.0. The van der Waals surface area contributed by atoms with Gasteiger partial charge in [-0.1, -0.05) is 33.0 Å². The summed E-state index contributed by atoms with van der Waals surface area (Å²) in [6.45, 7) is 11.2. The van der Waals surface area contributed by atoms with Crippen LogP contribution >= 0.6 is 0 Å². The van der Waals surface area contributed by atoms with Crippen LogP contribution in [0.15, 0.2) is 12.1 Å². The van der Waals surface area contributed by atoms with Crippen molar-refractivity contribution >= 4 is 8.07 Å². The van der Waals surface area contributed by atoms with Gasteiger partial charge in [-0.05, 0) is 42.1 Å². The Morgan fingerprint density at radius 2 is 1.89 bits per heavy atom. The van der Waals surface area contributed by atoms with E-state index < -0.39 is 8.07 Å². The van der Waals surface area contributed by atoms with Gasteiger partial charge >= 0.3 is 0 Å². The second-order valence-corrected chi connectivity index (χ2v) is 11.5. The molecule has 3 heteroatoms. The Hall–Kier alpha value is -0.963. The fraction of sp³-hybridized carbons (Fsp3) is 0.600. The summed E-state index contributed by atoms with van der Waals surface area (Å²) in [5.74, 6) is 1.30. The number of hydrogen-bond acceptors (Lipinski definition) is 2. The van der Waals surface area contributed by atoms with Crippen molar-refractivity contribution in [3.8, 4) is 11.5 Å². The van der Waals surface area contributed by atoms with E-state index >= 15 is 0 Å². The Bertz CT molecular complexity index is 408. The lowest BCUT2D eigenvalue weighted by molar-refractivity contribution is 0.409. The molecule has 0 aliphatic heterocycles. The lowest BCUT2D eigenvalue weighted by Crippen LogP contribution is -2.31. The molecule has 1 rings (SSSR count). The molecule has 0 bridgehead atoms. The molecule has 0 saturated heterocycles. The molecule has 0 amide bonds. The number of aryl methyl sites for hydroxylation is 1. The quantitative estimate of drug-likeness (QED) is 0.797. The molecule has 0 aliphatic rings. The standard InChI is InChI=1S/C15H26O2Si/c1-7-8-14(18(4,5)6)13-10-12(17-3)9-11(2)15(13)16/h9-10,14,16H,7-8H2,1-6H3. The maximum absolute atomic E-state index is 10.3. The Balaban J connectivity index is 3.31. The van der Waals surface area contributed by atoms with E-state index in [1.165, 1.54) is 0 Å². The highest BCUT2D eigenvalue weighted by Crippen LogP contribution is 2.40. The predicted molar refractivity (Wildman–Crippen MR) is 80.4 cm³/mol. The van der Waals surface area contributed by atoms with Crippen LogP contribution in [0.25, 0.3) is 0 Å². The van der Waals surface area contributed by atoms with Gasteiger partial charge in [-0.25, -0.2) is 0 Å². The fourth-order valence-electron chi connectivity index (χ4n) is 2.50. The van der Waals surface area contributed by atoms with Gasteiger partial charge in [0.15, 0.2) is 0 Å². The highest BCUT2D eigenvalue weighted by Gasteiger charge is 2.30. The summed E-state index contributed by atoms with van der Waals surface area (Å²) < 4.78 is 5.34. The minimum atomic E-state index is -1.35.